The van der Waals surface area contributed by atoms with Crippen molar-refractivity contribution in [3.8, 4) is 0 Å². The zero-order valence-electron chi connectivity index (χ0n) is 12.0. The number of halogens is 1. The van der Waals surface area contributed by atoms with E-state index >= 15 is 0 Å². The molecule has 1 aliphatic rings. The maximum absolute atomic E-state index is 12.7. The minimum atomic E-state index is -3.49. The fraction of sp³-hybridized carbons (Fsp3) is 0.571. The molecular formula is C14H20ClNO3S. The molecule has 0 aliphatic carbocycles. The van der Waals surface area contributed by atoms with Gasteiger partial charge in [-0.05, 0) is 44.0 Å². The van der Waals surface area contributed by atoms with Crippen LogP contribution in [-0.2, 0) is 20.6 Å². The highest BCUT2D eigenvalue weighted by molar-refractivity contribution is 7.89. The van der Waals surface area contributed by atoms with Crippen LogP contribution in [0.5, 0.6) is 0 Å². The van der Waals surface area contributed by atoms with Crippen LogP contribution in [-0.4, -0.2) is 38.0 Å². The lowest BCUT2D eigenvalue weighted by molar-refractivity contribution is -0.0640. The molecule has 1 aliphatic heterocycles. The van der Waals surface area contributed by atoms with Crippen molar-refractivity contribution in [1.29, 1.82) is 0 Å². The average molecular weight is 318 g/mol. The van der Waals surface area contributed by atoms with Gasteiger partial charge in [-0.1, -0.05) is 6.07 Å². The Morgan fingerprint density at radius 3 is 2.70 bits per heavy atom. The van der Waals surface area contributed by atoms with Gasteiger partial charge in [0.2, 0.25) is 10.0 Å². The first-order valence-electron chi connectivity index (χ1n) is 6.56. The Morgan fingerprint density at radius 2 is 2.10 bits per heavy atom. The molecule has 0 bridgehead atoms. The number of sulfonamides is 1. The van der Waals surface area contributed by atoms with E-state index in [0.717, 1.165) is 11.1 Å². The van der Waals surface area contributed by atoms with Gasteiger partial charge in [0.1, 0.15) is 0 Å². The molecule has 6 heteroatoms. The fourth-order valence-corrected chi connectivity index (χ4v) is 4.19. The third-order valence-electron chi connectivity index (χ3n) is 3.49. The van der Waals surface area contributed by atoms with Gasteiger partial charge in [0.25, 0.3) is 0 Å². The first-order chi connectivity index (χ1) is 9.26. The minimum Gasteiger partial charge on any atom is -0.373 e. The Bertz CT molecular complexity index is 598. The molecule has 0 spiro atoms. The maximum atomic E-state index is 12.7. The number of hydrogen-bond donors (Lipinski definition) is 0. The number of morpholine rings is 1. The van der Waals surface area contributed by atoms with E-state index in [0.29, 0.717) is 30.5 Å². The Labute approximate surface area is 125 Å². The number of ether oxygens (including phenoxy) is 1. The number of aryl methyl sites for hydroxylation is 1. The summed E-state index contributed by atoms with van der Waals surface area (Å²) >= 11 is 5.86. The van der Waals surface area contributed by atoms with Gasteiger partial charge >= 0.3 is 0 Å². The molecule has 0 amide bonds. The number of alkyl halides is 1. The summed E-state index contributed by atoms with van der Waals surface area (Å²) in [5.74, 6) is 0.309. The highest BCUT2D eigenvalue weighted by Gasteiger charge is 2.34. The van der Waals surface area contributed by atoms with Gasteiger partial charge in [-0.3, -0.25) is 0 Å². The monoisotopic (exact) mass is 317 g/mol. The second kappa shape index (κ2) is 5.64. The molecule has 2 rings (SSSR count). The Kier molecular flexibility index (Phi) is 4.44. The molecule has 1 saturated heterocycles. The molecule has 112 valence electrons. The quantitative estimate of drug-likeness (QED) is 0.805. The first kappa shape index (κ1) is 15.8. The van der Waals surface area contributed by atoms with Crippen LogP contribution in [0.15, 0.2) is 23.1 Å². The molecule has 0 saturated carbocycles. The van der Waals surface area contributed by atoms with Gasteiger partial charge in [-0.15, -0.1) is 11.6 Å². The van der Waals surface area contributed by atoms with Crippen molar-refractivity contribution in [3.05, 3.63) is 29.3 Å². The van der Waals surface area contributed by atoms with Crippen LogP contribution < -0.4 is 0 Å². The van der Waals surface area contributed by atoms with Crippen molar-refractivity contribution in [3.63, 3.8) is 0 Å². The molecular weight excluding hydrogens is 298 g/mol. The van der Waals surface area contributed by atoms with Gasteiger partial charge in [0.05, 0.1) is 17.1 Å². The smallest absolute Gasteiger partial charge is 0.243 e. The van der Waals surface area contributed by atoms with Crippen molar-refractivity contribution < 1.29 is 13.2 Å². The molecule has 4 nitrogen and oxygen atoms in total. The zero-order valence-corrected chi connectivity index (χ0v) is 13.6. The van der Waals surface area contributed by atoms with Crippen LogP contribution in [0, 0.1) is 6.92 Å². The summed E-state index contributed by atoms with van der Waals surface area (Å²) in [5.41, 5.74) is 1.40. The van der Waals surface area contributed by atoms with E-state index in [1.165, 1.54) is 4.31 Å². The second-order valence-electron chi connectivity index (χ2n) is 5.67. The summed E-state index contributed by atoms with van der Waals surface area (Å²) in [6.45, 7) is 6.88. The van der Waals surface area contributed by atoms with Crippen LogP contribution in [0.25, 0.3) is 0 Å². The highest BCUT2D eigenvalue weighted by Crippen LogP contribution is 2.25. The third kappa shape index (κ3) is 3.17. The number of benzene rings is 1. The van der Waals surface area contributed by atoms with Crippen molar-refractivity contribution in [2.24, 2.45) is 0 Å². The van der Waals surface area contributed by atoms with Crippen molar-refractivity contribution in [2.75, 3.05) is 19.7 Å². The molecule has 0 aromatic heterocycles. The minimum absolute atomic E-state index is 0.302. The summed E-state index contributed by atoms with van der Waals surface area (Å²) in [6, 6.07) is 5.11. The van der Waals surface area contributed by atoms with Gasteiger partial charge in [0.15, 0.2) is 0 Å². The van der Waals surface area contributed by atoms with Crippen LogP contribution in [0.3, 0.4) is 0 Å². The van der Waals surface area contributed by atoms with E-state index in [1.54, 1.807) is 18.2 Å². The van der Waals surface area contributed by atoms with E-state index in [2.05, 4.69) is 0 Å². The molecule has 0 N–H and O–H groups in total. The molecule has 20 heavy (non-hydrogen) atoms. The molecule has 1 aromatic carbocycles. The summed E-state index contributed by atoms with van der Waals surface area (Å²) in [5, 5.41) is 0. The molecule has 1 heterocycles. The summed E-state index contributed by atoms with van der Waals surface area (Å²) in [4.78, 5) is 0.302. The summed E-state index contributed by atoms with van der Waals surface area (Å²) < 4.78 is 32.4. The molecule has 0 radical (unpaired) electrons. The average Bonchev–Trinajstić information content (AvgIpc) is 2.37. The fourth-order valence-electron chi connectivity index (χ4n) is 2.28. The predicted molar refractivity (Wildman–Crippen MR) is 79.5 cm³/mol. The number of nitrogens with zero attached hydrogens (tertiary/aromatic N) is 1. The van der Waals surface area contributed by atoms with Crippen LogP contribution in [0.1, 0.15) is 25.0 Å². The van der Waals surface area contributed by atoms with Crippen molar-refractivity contribution >= 4 is 21.6 Å². The Morgan fingerprint density at radius 1 is 1.40 bits per heavy atom. The van der Waals surface area contributed by atoms with Crippen LogP contribution in [0.2, 0.25) is 0 Å². The topological polar surface area (TPSA) is 46.6 Å². The second-order valence-corrected chi connectivity index (χ2v) is 7.87. The van der Waals surface area contributed by atoms with Gasteiger partial charge < -0.3 is 4.74 Å². The first-order valence-corrected chi connectivity index (χ1v) is 8.53. The molecule has 0 unspecified atom stereocenters. The number of hydrogen-bond acceptors (Lipinski definition) is 3. The van der Waals surface area contributed by atoms with E-state index in [-0.39, 0.29) is 0 Å². The lowest BCUT2D eigenvalue weighted by atomic mass is 10.1. The van der Waals surface area contributed by atoms with E-state index in [9.17, 15) is 8.42 Å². The predicted octanol–water partition coefficient (Wildman–Crippen LogP) is 2.53. The Hall–Kier alpha value is -0.620. The van der Waals surface area contributed by atoms with Gasteiger partial charge in [-0.25, -0.2) is 8.42 Å². The number of rotatable bonds is 3. The van der Waals surface area contributed by atoms with E-state index in [4.69, 9.17) is 16.3 Å². The van der Waals surface area contributed by atoms with Gasteiger partial charge in [0, 0.05) is 19.0 Å². The van der Waals surface area contributed by atoms with Crippen molar-refractivity contribution in [2.45, 2.75) is 37.1 Å². The highest BCUT2D eigenvalue weighted by atomic mass is 35.5. The molecule has 1 aromatic rings. The standard InChI is InChI=1S/C14H20ClNO3S/c1-11-4-5-13(8-12(11)9-15)20(17,18)16-6-7-19-14(2,3)10-16/h4-5,8H,6-7,9-10H2,1-3H3. The van der Waals surface area contributed by atoms with Crippen molar-refractivity contribution in [1.82, 2.24) is 4.31 Å². The zero-order chi connectivity index (χ0) is 15.0. The summed E-state index contributed by atoms with van der Waals surface area (Å²) in [6.07, 6.45) is 0. The third-order valence-corrected chi connectivity index (χ3v) is 5.62. The summed E-state index contributed by atoms with van der Waals surface area (Å²) in [7, 11) is -3.49. The maximum Gasteiger partial charge on any atom is 0.243 e. The lowest BCUT2D eigenvalue weighted by Gasteiger charge is -2.37. The molecule has 0 atom stereocenters. The largest absolute Gasteiger partial charge is 0.373 e. The molecule has 1 fully saturated rings. The van der Waals surface area contributed by atoms with Crippen LogP contribution in [0.4, 0.5) is 0 Å². The van der Waals surface area contributed by atoms with E-state index in [1.807, 2.05) is 20.8 Å². The lowest BCUT2D eigenvalue weighted by Crippen LogP contribution is -2.50. The van der Waals surface area contributed by atoms with Crippen LogP contribution >= 0.6 is 11.6 Å². The normalized spacial score (nSPS) is 20.0. The van der Waals surface area contributed by atoms with E-state index < -0.39 is 15.6 Å². The Balaban J connectivity index is 2.35. The van der Waals surface area contributed by atoms with Gasteiger partial charge in [-0.2, -0.15) is 4.31 Å². The SMILES string of the molecule is Cc1ccc(S(=O)(=O)N2CCOC(C)(C)C2)cc1CCl.